The lowest BCUT2D eigenvalue weighted by Gasteiger charge is -2.37. The van der Waals surface area contributed by atoms with Crippen molar-refractivity contribution in [2.75, 3.05) is 11.9 Å². The molecular weight excluding hydrogens is 385 g/mol. The minimum atomic E-state index is -3.58. The Labute approximate surface area is 155 Å². The van der Waals surface area contributed by atoms with Crippen LogP contribution in [0, 0.1) is 10.7 Å². The highest BCUT2D eigenvalue weighted by molar-refractivity contribution is 6.02. The van der Waals surface area contributed by atoms with E-state index in [-0.39, 0.29) is 11.4 Å². The molecule has 12 heteroatoms. The van der Waals surface area contributed by atoms with Gasteiger partial charge in [-0.15, -0.1) is 0 Å². The summed E-state index contributed by atoms with van der Waals surface area (Å²) in [4.78, 5) is 25.9. The first kappa shape index (κ1) is 19.2. The number of hydrogen-bond donors (Lipinski definition) is 3. The highest BCUT2D eigenvalue weighted by Crippen LogP contribution is 2.44. The molecule has 1 aromatic carbocycles. The van der Waals surface area contributed by atoms with Crippen molar-refractivity contribution >= 4 is 23.5 Å². The lowest BCUT2D eigenvalue weighted by Crippen LogP contribution is -2.51. The molecule has 0 spiro atoms. The molecule has 2 aromatic rings. The van der Waals surface area contributed by atoms with Crippen LogP contribution in [0.1, 0.15) is 23.0 Å². The molecule has 0 saturated heterocycles. The average Bonchev–Trinajstić information content (AvgIpc) is 3.11. The Morgan fingerprint density at radius 3 is 2.71 bits per heavy atom. The fourth-order valence-electron chi connectivity index (χ4n) is 2.62. The number of furan rings is 1. The molecule has 1 atom stereocenters. The van der Waals surface area contributed by atoms with E-state index in [1.165, 1.54) is 0 Å². The first-order valence-electron chi connectivity index (χ1n) is 7.77. The molecule has 1 aromatic heterocycles. The number of halogens is 3. The van der Waals surface area contributed by atoms with E-state index in [0.29, 0.717) is 0 Å². The maximum absolute atomic E-state index is 14.4. The molecule has 0 saturated carbocycles. The van der Waals surface area contributed by atoms with Crippen LogP contribution < -0.4 is 11.1 Å². The molecule has 148 valence electrons. The van der Waals surface area contributed by atoms with Gasteiger partial charge in [0.05, 0.1) is 11.0 Å². The zero-order valence-corrected chi connectivity index (χ0v) is 14.3. The Balaban J connectivity index is 1.94. The van der Waals surface area contributed by atoms with Gasteiger partial charge in [0, 0.05) is 11.3 Å². The quantitative estimate of drug-likeness (QED) is 0.678. The van der Waals surface area contributed by atoms with Gasteiger partial charge in [0.25, 0.3) is 16.9 Å². The largest absolute Gasteiger partial charge is 0.480 e. The maximum Gasteiger partial charge on any atom is 0.480 e. The molecule has 3 rings (SSSR count). The molecular formula is C16H14F3N4O5+. The third-order valence-electron chi connectivity index (χ3n) is 4.20. The third-order valence-corrected chi connectivity index (χ3v) is 4.20. The number of carbonyl (C=O) groups excluding carboxylic acids is 1. The Morgan fingerprint density at radius 1 is 1.36 bits per heavy atom. The van der Waals surface area contributed by atoms with Gasteiger partial charge in [0.1, 0.15) is 5.82 Å². The molecule has 2 heterocycles. The zero-order chi connectivity index (χ0) is 20.7. The van der Waals surface area contributed by atoms with Gasteiger partial charge in [0.15, 0.2) is 17.9 Å². The van der Waals surface area contributed by atoms with Gasteiger partial charge in [-0.2, -0.15) is 8.78 Å². The lowest BCUT2D eigenvalue weighted by molar-refractivity contribution is -0.737. The number of ether oxygens (including phenoxy) is 1. The van der Waals surface area contributed by atoms with Crippen LogP contribution in [0.3, 0.4) is 0 Å². The van der Waals surface area contributed by atoms with E-state index in [9.17, 15) is 22.9 Å². The number of carbonyl (C=O) groups is 1. The fraction of sp³-hybridized carbons (Fsp3) is 0.250. The number of anilines is 1. The van der Waals surface area contributed by atoms with Crippen molar-refractivity contribution in [3.8, 4) is 0 Å². The minimum absolute atomic E-state index is 0.0420. The van der Waals surface area contributed by atoms with Crippen molar-refractivity contribution in [2.45, 2.75) is 18.4 Å². The standard InChI is InChI=1S/C16H13F3N4O5/c1-15(16(18,19)7-27-14(20)22-15)9-6-8(2-3-10(9)17)21-13(24)11-4-5-12(28-11)23(25)26/h2-6H,7H2,1H3,(H3-,20,21,22,24,25,26)/p+1/t15-/m1/s1. The van der Waals surface area contributed by atoms with E-state index < -0.39 is 52.2 Å². The topological polar surface area (TPSA) is 130 Å². The van der Waals surface area contributed by atoms with Gasteiger partial charge in [-0.1, -0.05) is 0 Å². The molecule has 1 aliphatic heterocycles. The first-order chi connectivity index (χ1) is 13.0. The van der Waals surface area contributed by atoms with Crippen LogP contribution >= 0.6 is 0 Å². The maximum atomic E-state index is 14.4. The van der Waals surface area contributed by atoms with Crippen molar-refractivity contribution in [2.24, 2.45) is 10.7 Å². The summed E-state index contributed by atoms with van der Waals surface area (Å²) in [6.45, 7) is -0.0911. The zero-order valence-electron chi connectivity index (χ0n) is 14.3. The Kier molecular flexibility index (Phi) is 4.49. The van der Waals surface area contributed by atoms with Crippen LogP contribution in [-0.2, 0) is 10.3 Å². The number of hydrogen-bond acceptors (Lipinski definition) is 6. The van der Waals surface area contributed by atoms with Crippen molar-refractivity contribution in [1.29, 1.82) is 0 Å². The fourth-order valence-corrected chi connectivity index (χ4v) is 2.62. The molecule has 0 aliphatic carbocycles. The summed E-state index contributed by atoms with van der Waals surface area (Å²) in [5, 5.41) is 11.0. The summed E-state index contributed by atoms with van der Waals surface area (Å²) in [5.74, 6) is -6.31. The summed E-state index contributed by atoms with van der Waals surface area (Å²) in [5.41, 5.74) is 2.46. The van der Waals surface area contributed by atoms with Crippen molar-refractivity contribution in [3.05, 3.63) is 52.4 Å². The van der Waals surface area contributed by atoms with Crippen LogP contribution in [0.4, 0.5) is 24.7 Å². The molecule has 1 amide bonds. The number of alkyl halides is 2. The van der Waals surface area contributed by atoms with Crippen LogP contribution in [0.2, 0.25) is 0 Å². The highest BCUT2D eigenvalue weighted by atomic mass is 19.3. The van der Waals surface area contributed by atoms with Crippen molar-refractivity contribution in [3.63, 3.8) is 0 Å². The van der Waals surface area contributed by atoms with Crippen LogP contribution in [-0.4, -0.2) is 34.6 Å². The number of aliphatic imine (C=N–C) groups is 1. The number of nitrogens with two attached hydrogens (primary N) is 1. The van der Waals surface area contributed by atoms with Gasteiger partial charge in [-0.05, 0) is 31.2 Å². The second-order valence-electron chi connectivity index (χ2n) is 6.07. The van der Waals surface area contributed by atoms with E-state index in [0.717, 1.165) is 37.3 Å². The van der Waals surface area contributed by atoms with Gasteiger partial charge in [-0.3, -0.25) is 4.79 Å². The molecule has 0 unspecified atom stereocenters. The van der Waals surface area contributed by atoms with E-state index in [4.69, 9.17) is 15.4 Å². The van der Waals surface area contributed by atoms with E-state index >= 15 is 0 Å². The summed E-state index contributed by atoms with van der Waals surface area (Å²) >= 11 is 0. The van der Waals surface area contributed by atoms with E-state index in [1.54, 1.807) is 0 Å². The summed E-state index contributed by atoms with van der Waals surface area (Å²) in [7, 11) is 0. The number of nitrogens with one attached hydrogen (secondary N) is 1. The van der Waals surface area contributed by atoms with Crippen molar-refractivity contribution in [1.82, 2.24) is 0 Å². The molecule has 0 bridgehead atoms. The monoisotopic (exact) mass is 399 g/mol. The van der Waals surface area contributed by atoms with Crippen molar-refractivity contribution < 1.29 is 37.3 Å². The predicted molar refractivity (Wildman–Crippen MR) is 88.0 cm³/mol. The summed E-state index contributed by atoms with van der Waals surface area (Å²) < 4.78 is 52.5. The predicted octanol–water partition coefficient (Wildman–Crippen LogP) is 2.67. The van der Waals surface area contributed by atoms with Crippen LogP contribution in [0.25, 0.3) is 0 Å². The number of rotatable bonds is 4. The average molecular weight is 399 g/mol. The SMILES string of the molecule is C[C@]1(c2cc(NC(=O)c3ccc([N+](=O)O)o3)ccc2F)N=C(N)OCC1(F)F. The number of benzene rings is 1. The number of amidine groups is 1. The summed E-state index contributed by atoms with van der Waals surface area (Å²) in [6.07, 6.45) is 0. The smallest absolute Gasteiger partial charge is 0.459 e. The lowest BCUT2D eigenvalue weighted by atomic mass is 9.85. The highest BCUT2D eigenvalue weighted by Gasteiger charge is 2.56. The second kappa shape index (κ2) is 6.55. The molecule has 0 radical (unpaired) electrons. The molecule has 0 fully saturated rings. The normalized spacial score (nSPS) is 20.8. The van der Waals surface area contributed by atoms with Gasteiger partial charge >= 0.3 is 11.8 Å². The second-order valence-corrected chi connectivity index (χ2v) is 6.07. The third kappa shape index (κ3) is 3.23. The number of nitrogens with zero attached hydrogens (tertiary/aromatic N) is 2. The number of amides is 1. The molecule has 28 heavy (non-hydrogen) atoms. The Morgan fingerprint density at radius 2 is 2.07 bits per heavy atom. The molecule has 4 N–H and O–H groups in total. The van der Waals surface area contributed by atoms with Gasteiger partial charge < -0.3 is 20.2 Å². The molecule has 9 nitrogen and oxygen atoms in total. The van der Waals surface area contributed by atoms with E-state index in [1.807, 2.05) is 0 Å². The Bertz CT molecular complexity index is 990. The minimum Gasteiger partial charge on any atom is -0.459 e. The first-order valence-corrected chi connectivity index (χ1v) is 7.77. The van der Waals surface area contributed by atoms with Crippen LogP contribution in [0.15, 0.2) is 39.7 Å². The van der Waals surface area contributed by atoms with Gasteiger partial charge in [0.2, 0.25) is 0 Å². The summed E-state index contributed by atoms with van der Waals surface area (Å²) in [6, 6.07) is 4.64. The van der Waals surface area contributed by atoms with E-state index in [2.05, 4.69) is 15.0 Å². The Hall–Kier alpha value is -3.57. The molecule has 1 aliphatic rings. The van der Waals surface area contributed by atoms with Gasteiger partial charge in [-0.25, -0.2) is 14.6 Å². The van der Waals surface area contributed by atoms with Crippen LogP contribution in [0.5, 0.6) is 0 Å².